The van der Waals surface area contributed by atoms with Crippen molar-refractivity contribution in [2.75, 3.05) is 0 Å². The van der Waals surface area contributed by atoms with Gasteiger partial charge in [0.05, 0.1) is 0 Å². The van der Waals surface area contributed by atoms with E-state index in [-0.39, 0.29) is 0 Å². The summed E-state index contributed by atoms with van der Waals surface area (Å²) < 4.78 is 4.20. The lowest BCUT2D eigenvalue weighted by atomic mass is 10.3. The molecular formula is C11H8Br2N+. The molecule has 3 heteroatoms. The van der Waals surface area contributed by atoms with Crippen LogP contribution < -0.4 is 4.57 Å². The van der Waals surface area contributed by atoms with Gasteiger partial charge in [0.15, 0.2) is 12.4 Å². The Bertz CT molecular complexity index is 420. The Morgan fingerprint density at radius 1 is 0.786 bits per heavy atom. The first kappa shape index (κ1) is 9.87. The van der Waals surface area contributed by atoms with Crippen molar-refractivity contribution in [3.05, 3.63) is 57.7 Å². The van der Waals surface area contributed by atoms with Crippen LogP contribution >= 0.6 is 31.9 Å². The fourth-order valence-corrected chi connectivity index (χ4v) is 2.53. The molecule has 0 N–H and O–H groups in total. The normalized spacial score (nSPS) is 10.1. The topological polar surface area (TPSA) is 3.88 Å². The zero-order valence-electron chi connectivity index (χ0n) is 7.32. The molecular weight excluding hydrogens is 306 g/mol. The van der Waals surface area contributed by atoms with Crippen LogP contribution in [0.1, 0.15) is 0 Å². The van der Waals surface area contributed by atoms with Gasteiger partial charge in [-0.25, -0.2) is 0 Å². The van der Waals surface area contributed by atoms with E-state index >= 15 is 0 Å². The largest absolute Gasteiger partial charge is 0.212 e. The van der Waals surface area contributed by atoms with Crippen molar-refractivity contribution in [1.29, 1.82) is 0 Å². The highest BCUT2D eigenvalue weighted by Gasteiger charge is 2.05. The van der Waals surface area contributed by atoms with Gasteiger partial charge in [-0.1, -0.05) is 37.9 Å². The standard InChI is InChI=1S/C11H8Br2N/c12-9-6-10(13)8-11(7-9)14-4-2-1-3-5-14/h1-8H/q+1. The Hall–Kier alpha value is -0.670. The Balaban J connectivity index is 2.52. The summed E-state index contributed by atoms with van der Waals surface area (Å²) >= 11 is 6.93. The van der Waals surface area contributed by atoms with Crippen LogP contribution in [0.2, 0.25) is 0 Å². The van der Waals surface area contributed by atoms with Crippen molar-refractivity contribution in [3.63, 3.8) is 0 Å². The molecule has 1 heterocycles. The molecule has 1 aromatic carbocycles. The summed E-state index contributed by atoms with van der Waals surface area (Å²) in [6.45, 7) is 0. The number of pyridine rings is 1. The Labute approximate surface area is 99.7 Å². The first-order chi connectivity index (χ1) is 6.75. The molecule has 0 aliphatic heterocycles. The third-order valence-electron chi connectivity index (χ3n) is 1.86. The van der Waals surface area contributed by atoms with E-state index in [0.29, 0.717) is 0 Å². The summed E-state index contributed by atoms with van der Waals surface area (Å²) in [6, 6.07) is 12.2. The third kappa shape index (κ3) is 2.22. The highest BCUT2D eigenvalue weighted by atomic mass is 79.9. The van der Waals surface area contributed by atoms with Crippen molar-refractivity contribution < 1.29 is 4.57 Å². The molecule has 1 aromatic heterocycles. The van der Waals surface area contributed by atoms with E-state index in [9.17, 15) is 0 Å². The molecule has 70 valence electrons. The van der Waals surface area contributed by atoms with Crippen molar-refractivity contribution in [1.82, 2.24) is 0 Å². The molecule has 0 radical (unpaired) electrons. The molecule has 1 nitrogen and oxygen atoms in total. The molecule has 2 rings (SSSR count). The van der Waals surface area contributed by atoms with Gasteiger partial charge in [-0.05, 0) is 6.07 Å². The monoisotopic (exact) mass is 312 g/mol. The molecule has 0 saturated carbocycles. The number of aromatic nitrogens is 1. The second-order valence-corrected chi connectivity index (χ2v) is 4.74. The molecule has 0 bridgehead atoms. The Kier molecular flexibility index (Phi) is 2.99. The minimum atomic E-state index is 1.07. The van der Waals surface area contributed by atoms with Gasteiger partial charge in [-0.2, -0.15) is 4.57 Å². The fourth-order valence-electron chi connectivity index (χ4n) is 1.26. The summed E-state index contributed by atoms with van der Waals surface area (Å²) in [5, 5.41) is 0. The smallest absolute Gasteiger partial charge is 0.167 e. The van der Waals surface area contributed by atoms with E-state index in [1.54, 1.807) is 0 Å². The van der Waals surface area contributed by atoms with Gasteiger partial charge in [-0.15, -0.1) is 0 Å². The second-order valence-electron chi connectivity index (χ2n) is 2.91. The van der Waals surface area contributed by atoms with Crippen LogP contribution in [0.15, 0.2) is 57.7 Å². The van der Waals surface area contributed by atoms with Crippen molar-refractivity contribution in [2.24, 2.45) is 0 Å². The maximum absolute atomic E-state index is 3.47. The van der Waals surface area contributed by atoms with E-state index in [4.69, 9.17) is 0 Å². The SMILES string of the molecule is Brc1cc(Br)cc(-[n+]2ccccc2)c1. The van der Waals surface area contributed by atoms with Gasteiger partial charge in [0, 0.05) is 33.2 Å². The molecule has 0 saturated heterocycles. The quantitative estimate of drug-likeness (QED) is 0.710. The highest BCUT2D eigenvalue weighted by molar-refractivity contribution is 9.11. The summed E-state index contributed by atoms with van der Waals surface area (Å²) in [6.07, 6.45) is 4.04. The number of halogens is 2. The minimum absolute atomic E-state index is 1.07. The van der Waals surface area contributed by atoms with Crippen molar-refractivity contribution >= 4 is 31.9 Å². The van der Waals surface area contributed by atoms with Gasteiger partial charge in [0.2, 0.25) is 5.69 Å². The second kappa shape index (κ2) is 4.24. The lowest BCUT2D eigenvalue weighted by Crippen LogP contribution is -2.28. The molecule has 0 atom stereocenters. The first-order valence-corrected chi connectivity index (χ1v) is 5.77. The maximum atomic E-state index is 3.47. The minimum Gasteiger partial charge on any atom is -0.167 e. The molecule has 0 amide bonds. The molecule has 0 aliphatic rings. The average Bonchev–Trinajstić information content (AvgIpc) is 2.18. The fraction of sp³-hybridized carbons (Fsp3) is 0. The van der Waals surface area contributed by atoms with Crippen LogP contribution in [0.25, 0.3) is 5.69 Å². The zero-order chi connectivity index (χ0) is 9.97. The van der Waals surface area contributed by atoms with Crippen LogP contribution in [-0.4, -0.2) is 0 Å². The van der Waals surface area contributed by atoms with E-state index < -0.39 is 0 Å². The van der Waals surface area contributed by atoms with Gasteiger partial charge in [0.25, 0.3) is 0 Å². The predicted octanol–water partition coefficient (Wildman–Crippen LogP) is 3.49. The number of rotatable bonds is 1. The van der Waals surface area contributed by atoms with Crippen LogP contribution in [-0.2, 0) is 0 Å². The van der Waals surface area contributed by atoms with Crippen LogP contribution in [0.5, 0.6) is 0 Å². The van der Waals surface area contributed by atoms with E-state index in [1.807, 2.05) is 36.7 Å². The molecule has 0 aliphatic carbocycles. The molecule has 0 unspecified atom stereocenters. The number of hydrogen-bond acceptors (Lipinski definition) is 0. The van der Waals surface area contributed by atoms with Crippen LogP contribution in [0.3, 0.4) is 0 Å². The van der Waals surface area contributed by atoms with Gasteiger partial charge < -0.3 is 0 Å². The lowest BCUT2D eigenvalue weighted by molar-refractivity contribution is -0.595. The molecule has 0 fully saturated rings. The van der Waals surface area contributed by atoms with Gasteiger partial charge >= 0.3 is 0 Å². The van der Waals surface area contributed by atoms with Crippen LogP contribution in [0.4, 0.5) is 0 Å². The summed E-state index contributed by atoms with van der Waals surface area (Å²) in [4.78, 5) is 0. The number of hydrogen-bond donors (Lipinski definition) is 0. The Morgan fingerprint density at radius 3 is 1.93 bits per heavy atom. The molecule has 14 heavy (non-hydrogen) atoms. The van der Waals surface area contributed by atoms with Crippen molar-refractivity contribution in [3.8, 4) is 5.69 Å². The Morgan fingerprint density at radius 2 is 1.36 bits per heavy atom. The van der Waals surface area contributed by atoms with E-state index in [2.05, 4.69) is 48.6 Å². The number of nitrogens with zero attached hydrogens (tertiary/aromatic N) is 1. The zero-order valence-corrected chi connectivity index (χ0v) is 10.5. The molecule has 0 spiro atoms. The van der Waals surface area contributed by atoms with Gasteiger partial charge in [-0.3, -0.25) is 0 Å². The maximum Gasteiger partial charge on any atom is 0.212 e. The first-order valence-electron chi connectivity index (χ1n) is 4.18. The summed E-state index contributed by atoms with van der Waals surface area (Å²) in [5.41, 5.74) is 1.13. The van der Waals surface area contributed by atoms with Crippen molar-refractivity contribution in [2.45, 2.75) is 0 Å². The third-order valence-corrected chi connectivity index (χ3v) is 2.78. The average molecular weight is 314 g/mol. The number of benzene rings is 1. The van der Waals surface area contributed by atoms with E-state index in [0.717, 1.165) is 14.6 Å². The molecule has 2 aromatic rings. The lowest BCUT2D eigenvalue weighted by Gasteiger charge is -1.97. The van der Waals surface area contributed by atoms with E-state index in [1.165, 1.54) is 0 Å². The highest BCUT2D eigenvalue weighted by Crippen LogP contribution is 2.19. The van der Waals surface area contributed by atoms with Crippen LogP contribution in [0, 0.1) is 0 Å². The van der Waals surface area contributed by atoms with Gasteiger partial charge in [0.1, 0.15) is 0 Å². The predicted molar refractivity (Wildman–Crippen MR) is 63.4 cm³/mol. The summed E-state index contributed by atoms with van der Waals surface area (Å²) in [5.74, 6) is 0. The summed E-state index contributed by atoms with van der Waals surface area (Å²) in [7, 11) is 0.